The number of esters is 1. The van der Waals surface area contributed by atoms with Crippen LogP contribution in [0.1, 0.15) is 66.7 Å². The standard InChI is InChI=1S/C16H26O2/c1-12(2)11-14(13(3)4)15(17)18-16(5)9-7-6-8-10-16/h11H,6-10H2,1-5H3. The first-order valence-corrected chi connectivity index (χ1v) is 6.90. The van der Waals surface area contributed by atoms with Gasteiger partial charge in [-0.15, -0.1) is 0 Å². The third-order valence-corrected chi connectivity index (χ3v) is 3.44. The van der Waals surface area contributed by atoms with E-state index in [4.69, 9.17) is 4.74 Å². The van der Waals surface area contributed by atoms with Crippen molar-refractivity contribution in [3.63, 3.8) is 0 Å². The topological polar surface area (TPSA) is 26.3 Å². The Hall–Kier alpha value is -1.05. The van der Waals surface area contributed by atoms with Crippen LogP contribution in [-0.2, 0) is 9.53 Å². The first-order chi connectivity index (χ1) is 8.34. The van der Waals surface area contributed by atoms with Gasteiger partial charge < -0.3 is 4.74 Å². The predicted molar refractivity (Wildman–Crippen MR) is 75.4 cm³/mol. The SMILES string of the molecule is CC(C)=CC(C(=O)OC1(C)CCCCC1)=C(C)C. The molecule has 0 amide bonds. The minimum Gasteiger partial charge on any atom is -0.456 e. The summed E-state index contributed by atoms with van der Waals surface area (Å²) in [6, 6.07) is 0. The fraction of sp³-hybridized carbons (Fsp3) is 0.688. The molecule has 0 aromatic rings. The molecule has 1 rings (SSSR count). The molecule has 0 N–H and O–H groups in total. The fourth-order valence-electron chi connectivity index (χ4n) is 2.38. The molecule has 1 fully saturated rings. The van der Waals surface area contributed by atoms with Crippen molar-refractivity contribution in [3.8, 4) is 0 Å². The van der Waals surface area contributed by atoms with Gasteiger partial charge >= 0.3 is 5.97 Å². The maximum Gasteiger partial charge on any atom is 0.338 e. The Morgan fingerprint density at radius 2 is 1.61 bits per heavy atom. The lowest BCUT2D eigenvalue weighted by molar-refractivity contribution is -0.155. The maximum atomic E-state index is 12.3. The molecule has 0 spiro atoms. The van der Waals surface area contributed by atoms with Gasteiger partial charge in [-0.3, -0.25) is 0 Å². The van der Waals surface area contributed by atoms with Crippen molar-refractivity contribution in [2.45, 2.75) is 72.3 Å². The van der Waals surface area contributed by atoms with Crippen molar-refractivity contribution in [2.24, 2.45) is 0 Å². The van der Waals surface area contributed by atoms with Gasteiger partial charge in [-0.05, 0) is 66.4 Å². The second kappa shape index (κ2) is 6.21. The molecule has 0 heterocycles. The van der Waals surface area contributed by atoms with E-state index in [-0.39, 0.29) is 11.6 Å². The van der Waals surface area contributed by atoms with Crippen LogP contribution in [0.3, 0.4) is 0 Å². The molecule has 2 nitrogen and oxygen atoms in total. The first kappa shape index (κ1) is 15.0. The second-order valence-electron chi connectivity index (χ2n) is 6.04. The van der Waals surface area contributed by atoms with Crippen molar-refractivity contribution in [1.29, 1.82) is 0 Å². The molecule has 102 valence electrons. The highest BCUT2D eigenvalue weighted by Crippen LogP contribution is 2.32. The van der Waals surface area contributed by atoms with Gasteiger partial charge in [-0.1, -0.05) is 17.6 Å². The van der Waals surface area contributed by atoms with Gasteiger partial charge in [0, 0.05) is 0 Å². The number of carbonyl (C=O) groups is 1. The summed E-state index contributed by atoms with van der Waals surface area (Å²) in [7, 11) is 0. The van der Waals surface area contributed by atoms with Gasteiger partial charge in [-0.25, -0.2) is 4.79 Å². The number of carbonyl (C=O) groups excluding carboxylic acids is 1. The summed E-state index contributed by atoms with van der Waals surface area (Å²) in [4.78, 5) is 12.3. The van der Waals surface area contributed by atoms with Crippen LogP contribution in [0.2, 0.25) is 0 Å². The zero-order valence-corrected chi connectivity index (χ0v) is 12.4. The van der Waals surface area contributed by atoms with Gasteiger partial charge in [0.05, 0.1) is 5.57 Å². The first-order valence-electron chi connectivity index (χ1n) is 6.90. The average Bonchev–Trinajstić information content (AvgIpc) is 2.25. The molecule has 0 atom stereocenters. The number of rotatable bonds is 3. The molecule has 0 aromatic carbocycles. The van der Waals surface area contributed by atoms with Crippen LogP contribution in [0.5, 0.6) is 0 Å². The highest BCUT2D eigenvalue weighted by molar-refractivity contribution is 5.92. The van der Waals surface area contributed by atoms with E-state index in [0.29, 0.717) is 5.57 Å². The zero-order valence-electron chi connectivity index (χ0n) is 12.4. The second-order valence-corrected chi connectivity index (χ2v) is 6.04. The summed E-state index contributed by atoms with van der Waals surface area (Å²) in [6.07, 6.45) is 7.49. The number of allylic oxidation sites excluding steroid dienone is 2. The molecular weight excluding hydrogens is 224 g/mol. The normalized spacial score (nSPS) is 17.8. The third-order valence-electron chi connectivity index (χ3n) is 3.44. The quantitative estimate of drug-likeness (QED) is 0.417. The summed E-state index contributed by atoms with van der Waals surface area (Å²) >= 11 is 0. The van der Waals surface area contributed by atoms with Gasteiger partial charge in [-0.2, -0.15) is 0 Å². The number of hydrogen-bond donors (Lipinski definition) is 0. The maximum absolute atomic E-state index is 12.3. The van der Waals surface area contributed by atoms with Gasteiger partial charge in [0.25, 0.3) is 0 Å². The Morgan fingerprint density at radius 1 is 1.06 bits per heavy atom. The van der Waals surface area contributed by atoms with Crippen molar-refractivity contribution in [1.82, 2.24) is 0 Å². The molecule has 0 bridgehead atoms. The Kier molecular flexibility index (Phi) is 5.18. The minimum atomic E-state index is -0.258. The van der Waals surface area contributed by atoms with Crippen LogP contribution in [0.15, 0.2) is 22.8 Å². The van der Waals surface area contributed by atoms with E-state index in [1.165, 1.54) is 6.42 Å². The largest absolute Gasteiger partial charge is 0.456 e. The molecule has 0 saturated heterocycles. The van der Waals surface area contributed by atoms with Crippen LogP contribution in [0.4, 0.5) is 0 Å². The molecule has 1 aliphatic carbocycles. The van der Waals surface area contributed by atoms with Crippen LogP contribution >= 0.6 is 0 Å². The number of hydrogen-bond acceptors (Lipinski definition) is 2. The van der Waals surface area contributed by atoms with E-state index < -0.39 is 0 Å². The van der Waals surface area contributed by atoms with Crippen LogP contribution in [0, 0.1) is 0 Å². The molecule has 1 saturated carbocycles. The van der Waals surface area contributed by atoms with Gasteiger partial charge in [0.2, 0.25) is 0 Å². The van der Waals surface area contributed by atoms with Crippen LogP contribution in [0.25, 0.3) is 0 Å². The number of ether oxygens (including phenoxy) is 1. The van der Waals surface area contributed by atoms with E-state index in [2.05, 4.69) is 6.92 Å². The summed E-state index contributed by atoms with van der Waals surface area (Å²) in [6.45, 7) is 9.98. The molecule has 0 unspecified atom stereocenters. The molecule has 2 heteroatoms. The third kappa shape index (κ3) is 4.32. The van der Waals surface area contributed by atoms with E-state index in [1.807, 2.05) is 33.8 Å². The average molecular weight is 250 g/mol. The van der Waals surface area contributed by atoms with Crippen molar-refractivity contribution in [3.05, 3.63) is 22.8 Å². The fourth-order valence-corrected chi connectivity index (χ4v) is 2.38. The summed E-state index contributed by atoms with van der Waals surface area (Å²) in [5.74, 6) is -0.166. The molecule has 1 aliphatic rings. The van der Waals surface area contributed by atoms with Crippen LogP contribution < -0.4 is 0 Å². The highest BCUT2D eigenvalue weighted by Gasteiger charge is 2.31. The van der Waals surface area contributed by atoms with E-state index >= 15 is 0 Å². The van der Waals surface area contributed by atoms with Gasteiger partial charge in [0.1, 0.15) is 5.60 Å². The Balaban J connectivity index is 2.80. The van der Waals surface area contributed by atoms with E-state index in [1.54, 1.807) is 0 Å². The molecular formula is C16H26O2. The van der Waals surface area contributed by atoms with Crippen molar-refractivity contribution < 1.29 is 9.53 Å². The van der Waals surface area contributed by atoms with E-state index in [0.717, 1.165) is 36.8 Å². The molecule has 18 heavy (non-hydrogen) atoms. The lowest BCUT2D eigenvalue weighted by atomic mass is 9.86. The lowest BCUT2D eigenvalue weighted by Crippen LogP contribution is -2.34. The summed E-state index contributed by atoms with van der Waals surface area (Å²) < 4.78 is 5.76. The molecule has 0 radical (unpaired) electrons. The van der Waals surface area contributed by atoms with Crippen LogP contribution in [-0.4, -0.2) is 11.6 Å². The minimum absolute atomic E-state index is 0.166. The van der Waals surface area contributed by atoms with Crippen molar-refractivity contribution >= 4 is 5.97 Å². The molecule has 0 aromatic heterocycles. The zero-order chi connectivity index (χ0) is 13.8. The lowest BCUT2D eigenvalue weighted by Gasteiger charge is -2.33. The highest BCUT2D eigenvalue weighted by atomic mass is 16.6. The Bertz CT molecular complexity index is 361. The molecule has 0 aliphatic heterocycles. The predicted octanol–water partition coefficient (Wildman–Crippen LogP) is 4.56. The summed E-state index contributed by atoms with van der Waals surface area (Å²) in [5.41, 5.74) is 2.59. The Labute approximate surface area is 111 Å². The smallest absolute Gasteiger partial charge is 0.338 e. The monoisotopic (exact) mass is 250 g/mol. The van der Waals surface area contributed by atoms with Crippen molar-refractivity contribution in [2.75, 3.05) is 0 Å². The summed E-state index contributed by atoms with van der Waals surface area (Å²) in [5, 5.41) is 0. The Morgan fingerprint density at radius 3 is 2.06 bits per heavy atom. The van der Waals surface area contributed by atoms with E-state index in [9.17, 15) is 4.79 Å². The van der Waals surface area contributed by atoms with Gasteiger partial charge in [0.15, 0.2) is 0 Å².